The summed E-state index contributed by atoms with van der Waals surface area (Å²) in [6, 6.07) is 17.7. The Labute approximate surface area is 159 Å². The number of fused-ring (bicyclic) bond motifs is 1. The summed E-state index contributed by atoms with van der Waals surface area (Å²) in [5, 5.41) is 4.93. The van der Waals surface area contributed by atoms with Crippen LogP contribution in [0.5, 0.6) is 0 Å². The lowest BCUT2D eigenvalue weighted by atomic mass is 10.0. The Hall–Kier alpha value is -3.14. The van der Waals surface area contributed by atoms with Gasteiger partial charge in [-0.25, -0.2) is 0 Å². The van der Waals surface area contributed by atoms with Crippen LogP contribution in [0.25, 0.3) is 10.8 Å². The zero-order valence-electron chi connectivity index (χ0n) is 15.8. The number of carbonyl (C=O) groups is 2. The average molecular weight is 361 g/mol. The van der Waals surface area contributed by atoms with Gasteiger partial charge in [-0.1, -0.05) is 60.2 Å². The van der Waals surface area contributed by atoms with Crippen LogP contribution in [0.4, 0.5) is 5.69 Å². The van der Waals surface area contributed by atoms with Gasteiger partial charge in [0.05, 0.1) is 6.42 Å². The maximum atomic E-state index is 12.2. The zero-order chi connectivity index (χ0) is 19.4. The highest BCUT2D eigenvalue weighted by atomic mass is 16.5. The smallest absolute Gasteiger partial charge is 0.310 e. The fraction of sp³-hybridized carbons (Fsp3) is 0.217. The van der Waals surface area contributed by atoms with Crippen LogP contribution in [-0.4, -0.2) is 18.5 Å². The fourth-order valence-corrected chi connectivity index (χ4v) is 3.35. The summed E-state index contributed by atoms with van der Waals surface area (Å²) in [6.07, 6.45) is 0.136. The predicted octanol–water partition coefficient (Wildman–Crippen LogP) is 4.49. The maximum Gasteiger partial charge on any atom is 0.310 e. The molecule has 0 spiro atoms. The van der Waals surface area contributed by atoms with Crippen LogP contribution in [0, 0.1) is 20.8 Å². The van der Waals surface area contributed by atoms with Gasteiger partial charge in [0.15, 0.2) is 6.61 Å². The van der Waals surface area contributed by atoms with Gasteiger partial charge in [0.25, 0.3) is 5.91 Å². The molecule has 3 aromatic carbocycles. The molecule has 0 aromatic heterocycles. The van der Waals surface area contributed by atoms with E-state index in [1.165, 1.54) is 0 Å². The summed E-state index contributed by atoms with van der Waals surface area (Å²) in [4.78, 5) is 24.4. The molecule has 4 heteroatoms. The largest absolute Gasteiger partial charge is 0.455 e. The van der Waals surface area contributed by atoms with Crippen LogP contribution in [0.15, 0.2) is 54.6 Å². The molecule has 3 rings (SSSR count). The molecule has 27 heavy (non-hydrogen) atoms. The van der Waals surface area contributed by atoms with Gasteiger partial charge < -0.3 is 10.1 Å². The van der Waals surface area contributed by atoms with Gasteiger partial charge in [-0.05, 0) is 48.2 Å². The zero-order valence-corrected chi connectivity index (χ0v) is 15.8. The van der Waals surface area contributed by atoms with Crippen LogP contribution >= 0.6 is 0 Å². The van der Waals surface area contributed by atoms with E-state index in [1.807, 2.05) is 75.4 Å². The summed E-state index contributed by atoms with van der Waals surface area (Å²) in [5.41, 5.74) is 4.79. The highest BCUT2D eigenvalue weighted by Gasteiger charge is 2.12. The SMILES string of the molecule is Cc1cc(C)c(NC(=O)COC(=O)Cc2cccc3ccccc23)c(C)c1. The van der Waals surface area contributed by atoms with E-state index < -0.39 is 5.97 Å². The lowest BCUT2D eigenvalue weighted by Crippen LogP contribution is -2.22. The van der Waals surface area contributed by atoms with E-state index in [-0.39, 0.29) is 18.9 Å². The first-order chi connectivity index (χ1) is 12.9. The monoisotopic (exact) mass is 361 g/mol. The van der Waals surface area contributed by atoms with Crippen molar-refractivity contribution >= 4 is 28.3 Å². The second-order valence-corrected chi connectivity index (χ2v) is 6.80. The van der Waals surface area contributed by atoms with Gasteiger partial charge in [0.1, 0.15) is 0 Å². The lowest BCUT2D eigenvalue weighted by molar-refractivity contribution is -0.146. The van der Waals surface area contributed by atoms with Gasteiger partial charge in [-0.3, -0.25) is 9.59 Å². The highest BCUT2D eigenvalue weighted by molar-refractivity contribution is 5.95. The number of benzene rings is 3. The molecule has 0 saturated heterocycles. The second kappa shape index (κ2) is 8.04. The Morgan fingerprint density at radius 3 is 2.33 bits per heavy atom. The predicted molar refractivity (Wildman–Crippen MR) is 108 cm³/mol. The molecule has 0 heterocycles. The molecule has 0 aliphatic carbocycles. The number of nitrogens with one attached hydrogen (secondary N) is 1. The van der Waals surface area contributed by atoms with Crippen LogP contribution in [-0.2, 0) is 20.7 Å². The molecule has 4 nitrogen and oxygen atoms in total. The third-order valence-corrected chi connectivity index (χ3v) is 4.52. The molecule has 0 bridgehead atoms. The van der Waals surface area contributed by atoms with E-state index in [0.29, 0.717) is 0 Å². The summed E-state index contributed by atoms with van der Waals surface area (Å²) >= 11 is 0. The highest BCUT2D eigenvalue weighted by Crippen LogP contribution is 2.22. The van der Waals surface area contributed by atoms with E-state index in [1.54, 1.807) is 0 Å². The Morgan fingerprint density at radius 1 is 0.926 bits per heavy atom. The van der Waals surface area contributed by atoms with Crippen molar-refractivity contribution < 1.29 is 14.3 Å². The molecular formula is C23H23NO3. The van der Waals surface area contributed by atoms with Gasteiger partial charge in [-0.15, -0.1) is 0 Å². The molecule has 0 radical (unpaired) electrons. The Kier molecular flexibility index (Phi) is 5.55. The van der Waals surface area contributed by atoms with Gasteiger partial charge >= 0.3 is 5.97 Å². The molecular weight excluding hydrogens is 338 g/mol. The van der Waals surface area contributed by atoms with E-state index >= 15 is 0 Å². The number of amides is 1. The minimum atomic E-state index is -0.418. The molecule has 0 aliphatic rings. The first-order valence-electron chi connectivity index (χ1n) is 8.94. The van der Waals surface area contributed by atoms with Crippen molar-refractivity contribution in [2.24, 2.45) is 0 Å². The Morgan fingerprint density at radius 2 is 1.59 bits per heavy atom. The normalized spacial score (nSPS) is 10.6. The Bertz CT molecular complexity index is 979. The van der Waals surface area contributed by atoms with Crippen molar-refractivity contribution in [3.8, 4) is 0 Å². The molecule has 1 N–H and O–H groups in total. The number of anilines is 1. The number of ether oxygens (including phenoxy) is 1. The van der Waals surface area contributed by atoms with Crippen molar-refractivity contribution in [2.75, 3.05) is 11.9 Å². The first-order valence-corrected chi connectivity index (χ1v) is 8.94. The second-order valence-electron chi connectivity index (χ2n) is 6.80. The van der Waals surface area contributed by atoms with Crippen molar-refractivity contribution in [2.45, 2.75) is 27.2 Å². The fourth-order valence-electron chi connectivity index (χ4n) is 3.35. The number of esters is 1. The molecule has 138 valence electrons. The van der Waals surface area contributed by atoms with Crippen molar-refractivity contribution in [1.82, 2.24) is 0 Å². The number of carbonyl (C=O) groups excluding carboxylic acids is 2. The summed E-state index contributed by atoms with van der Waals surface area (Å²) in [5.74, 6) is -0.754. The summed E-state index contributed by atoms with van der Waals surface area (Å²) < 4.78 is 5.18. The number of rotatable bonds is 5. The van der Waals surface area contributed by atoms with Crippen LogP contribution < -0.4 is 5.32 Å². The third kappa shape index (κ3) is 4.53. The van der Waals surface area contributed by atoms with E-state index in [9.17, 15) is 9.59 Å². The van der Waals surface area contributed by atoms with Crippen LogP contribution in [0.1, 0.15) is 22.3 Å². The minimum Gasteiger partial charge on any atom is -0.455 e. The standard InChI is InChI=1S/C23H23NO3/c1-15-11-16(2)23(17(3)12-15)24-21(25)14-27-22(26)13-19-9-6-8-18-7-4-5-10-20(18)19/h4-12H,13-14H2,1-3H3,(H,24,25). The van der Waals surface area contributed by atoms with Gasteiger partial charge in [-0.2, -0.15) is 0 Å². The van der Waals surface area contributed by atoms with Crippen molar-refractivity contribution in [3.05, 3.63) is 76.9 Å². The third-order valence-electron chi connectivity index (χ3n) is 4.52. The lowest BCUT2D eigenvalue weighted by Gasteiger charge is -2.13. The van der Waals surface area contributed by atoms with E-state index in [2.05, 4.69) is 5.32 Å². The van der Waals surface area contributed by atoms with Crippen LogP contribution in [0.2, 0.25) is 0 Å². The minimum absolute atomic E-state index is 0.136. The van der Waals surface area contributed by atoms with Gasteiger partial charge in [0, 0.05) is 5.69 Å². The van der Waals surface area contributed by atoms with E-state index in [0.717, 1.165) is 38.7 Å². The molecule has 0 aliphatic heterocycles. The molecule has 3 aromatic rings. The number of hydrogen-bond donors (Lipinski definition) is 1. The molecule has 0 unspecified atom stereocenters. The Balaban J connectivity index is 1.60. The van der Waals surface area contributed by atoms with E-state index in [4.69, 9.17) is 4.74 Å². The number of hydrogen-bond acceptors (Lipinski definition) is 3. The van der Waals surface area contributed by atoms with Crippen molar-refractivity contribution in [1.29, 1.82) is 0 Å². The topological polar surface area (TPSA) is 55.4 Å². The van der Waals surface area contributed by atoms with Crippen molar-refractivity contribution in [3.63, 3.8) is 0 Å². The molecule has 1 amide bonds. The first kappa shape index (κ1) is 18.6. The quantitative estimate of drug-likeness (QED) is 0.681. The molecule has 0 atom stereocenters. The van der Waals surface area contributed by atoms with Gasteiger partial charge in [0.2, 0.25) is 0 Å². The van der Waals surface area contributed by atoms with Crippen LogP contribution in [0.3, 0.4) is 0 Å². The average Bonchev–Trinajstić information content (AvgIpc) is 2.63. The summed E-state index contributed by atoms with van der Waals surface area (Å²) in [7, 11) is 0. The summed E-state index contributed by atoms with van der Waals surface area (Å²) in [6.45, 7) is 5.61. The molecule has 0 fully saturated rings. The maximum absolute atomic E-state index is 12.2. The molecule has 0 saturated carbocycles. The number of aryl methyl sites for hydroxylation is 3.